The molecule has 0 aliphatic rings. The molecule has 1 aromatic carbocycles. The van der Waals surface area contributed by atoms with Gasteiger partial charge in [-0.25, -0.2) is 10.2 Å². The first-order chi connectivity index (χ1) is 13.5. The summed E-state index contributed by atoms with van der Waals surface area (Å²) in [7, 11) is 0. The van der Waals surface area contributed by atoms with Gasteiger partial charge in [0.2, 0.25) is 5.91 Å². The third kappa shape index (κ3) is 5.42. The first-order valence-corrected chi connectivity index (χ1v) is 8.93. The first-order valence-electron chi connectivity index (χ1n) is 8.17. The molecule has 0 fully saturated rings. The molecular weight excluding hydrogens is 401 g/mol. The summed E-state index contributed by atoms with van der Waals surface area (Å²) in [4.78, 5) is 31.9. The highest BCUT2D eigenvalue weighted by atomic mass is 35.5. The second kappa shape index (κ2) is 9.16. The number of carbonyl (C=O) groups is 2. The molecule has 0 unspecified atom stereocenters. The van der Waals surface area contributed by atoms with E-state index in [9.17, 15) is 9.59 Å². The average molecular weight is 416 g/mol. The van der Waals surface area contributed by atoms with Gasteiger partial charge in [0, 0.05) is 23.0 Å². The molecule has 3 rings (SSSR count). The van der Waals surface area contributed by atoms with Crippen molar-refractivity contribution in [1.29, 1.82) is 0 Å². The minimum Gasteiger partial charge on any atom is -0.305 e. The fourth-order valence-electron chi connectivity index (χ4n) is 2.35. The number of hydrogen-bond acceptors (Lipinski definition) is 4. The molecule has 0 atom stereocenters. The minimum absolute atomic E-state index is 0.103. The molecule has 0 bridgehead atoms. The Morgan fingerprint density at radius 3 is 2.54 bits per heavy atom. The molecule has 0 aliphatic heterocycles. The van der Waals surface area contributed by atoms with Crippen LogP contribution in [0.25, 0.3) is 11.3 Å². The van der Waals surface area contributed by atoms with Gasteiger partial charge in [-0.3, -0.25) is 20.2 Å². The zero-order valence-corrected chi connectivity index (χ0v) is 16.0. The molecule has 0 aliphatic carbocycles. The molecule has 7 nitrogen and oxygen atoms in total. The van der Waals surface area contributed by atoms with E-state index in [4.69, 9.17) is 23.2 Å². The summed E-state index contributed by atoms with van der Waals surface area (Å²) < 4.78 is 0. The summed E-state index contributed by atoms with van der Waals surface area (Å²) in [5.41, 5.74) is 7.15. The number of benzene rings is 1. The largest absolute Gasteiger partial charge is 0.337 e. The van der Waals surface area contributed by atoms with Gasteiger partial charge in [-0.05, 0) is 42.0 Å². The highest BCUT2D eigenvalue weighted by Crippen LogP contribution is 2.29. The van der Waals surface area contributed by atoms with E-state index in [1.807, 2.05) is 0 Å². The summed E-state index contributed by atoms with van der Waals surface area (Å²) in [6.45, 7) is 0. The van der Waals surface area contributed by atoms with Crippen molar-refractivity contribution in [3.63, 3.8) is 0 Å². The number of halogens is 2. The monoisotopic (exact) mass is 415 g/mol. The molecule has 3 aromatic rings. The molecule has 3 N–H and O–H groups in total. The normalized spacial score (nSPS) is 10.2. The Morgan fingerprint density at radius 1 is 1.00 bits per heavy atom. The Balaban J connectivity index is 1.52. The van der Waals surface area contributed by atoms with E-state index in [1.54, 1.807) is 54.9 Å². The maximum absolute atomic E-state index is 11.9. The predicted octanol–water partition coefficient (Wildman–Crippen LogP) is 3.85. The summed E-state index contributed by atoms with van der Waals surface area (Å²) in [5.74, 6) is -0.367. The van der Waals surface area contributed by atoms with Crippen LogP contribution in [0.1, 0.15) is 5.56 Å². The maximum atomic E-state index is 11.9. The van der Waals surface area contributed by atoms with Crippen LogP contribution in [-0.4, -0.2) is 21.9 Å². The highest BCUT2D eigenvalue weighted by molar-refractivity contribution is 6.36. The Hall–Kier alpha value is -3.16. The lowest BCUT2D eigenvalue weighted by Crippen LogP contribution is -2.44. The van der Waals surface area contributed by atoms with E-state index in [0.29, 0.717) is 21.4 Å². The molecular formula is C19H15Cl2N5O2. The Bertz CT molecular complexity index is 981. The molecule has 3 amide bonds. The smallest absolute Gasteiger partial charge is 0.305 e. The fraction of sp³-hybridized carbons (Fsp3) is 0.0526. The lowest BCUT2D eigenvalue weighted by molar-refractivity contribution is -0.121. The van der Waals surface area contributed by atoms with Gasteiger partial charge >= 0.3 is 6.03 Å². The number of nitrogens with zero attached hydrogens (tertiary/aromatic N) is 2. The molecule has 0 spiro atoms. The number of urea groups is 1. The molecule has 2 heterocycles. The number of amides is 3. The van der Waals surface area contributed by atoms with Crippen molar-refractivity contribution < 1.29 is 9.59 Å². The Kier molecular flexibility index (Phi) is 6.41. The zero-order valence-electron chi connectivity index (χ0n) is 14.4. The third-order valence-corrected chi connectivity index (χ3v) is 4.18. The number of rotatable bonds is 4. The minimum atomic E-state index is -0.599. The lowest BCUT2D eigenvalue weighted by Gasteiger charge is -2.10. The molecule has 0 saturated carbocycles. The van der Waals surface area contributed by atoms with Gasteiger partial charge < -0.3 is 5.32 Å². The van der Waals surface area contributed by atoms with E-state index in [-0.39, 0.29) is 12.3 Å². The molecule has 28 heavy (non-hydrogen) atoms. The summed E-state index contributed by atoms with van der Waals surface area (Å²) in [6, 6.07) is 11.4. The number of carbonyl (C=O) groups excluding carboxylic acids is 2. The van der Waals surface area contributed by atoms with Gasteiger partial charge in [-0.15, -0.1) is 0 Å². The number of aromatic nitrogens is 2. The number of hydrogen-bond donors (Lipinski definition) is 3. The molecule has 142 valence electrons. The quantitative estimate of drug-likeness (QED) is 0.563. The summed E-state index contributed by atoms with van der Waals surface area (Å²) in [5, 5.41) is 3.59. The van der Waals surface area contributed by atoms with E-state index >= 15 is 0 Å². The van der Waals surface area contributed by atoms with Crippen molar-refractivity contribution in [2.24, 2.45) is 0 Å². The Labute approximate surface area is 171 Å². The van der Waals surface area contributed by atoms with Gasteiger partial charge in [0.25, 0.3) is 0 Å². The lowest BCUT2D eigenvalue weighted by atomic mass is 10.1. The number of pyridine rings is 2. The standard InChI is InChI=1S/C19H15Cl2N5O2/c20-13-3-5-15(16(21)9-13)17-6-4-14(11-23-17)24-19(28)26-25-18(27)8-12-2-1-7-22-10-12/h1-7,9-11H,8H2,(H,25,27)(H2,24,26,28). The van der Waals surface area contributed by atoms with E-state index in [0.717, 1.165) is 11.1 Å². The number of hydrazine groups is 1. The topological polar surface area (TPSA) is 96.0 Å². The molecule has 9 heteroatoms. The van der Waals surface area contributed by atoms with Crippen molar-refractivity contribution in [1.82, 2.24) is 20.8 Å². The Morgan fingerprint density at radius 2 is 1.86 bits per heavy atom. The van der Waals surface area contributed by atoms with Crippen LogP contribution in [0.4, 0.5) is 10.5 Å². The van der Waals surface area contributed by atoms with Crippen molar-refractivity contribution in [2.45, 2.75) is 6.42 Å². The average Bonchev–Trinajstić information content (AvgIpc) is 2.68. The van der Waals surface area contributed by atoms with Crippen LogP contribution in [0, 0.1) is 0 Å². The molecule has 0 radical (unpaired) electrons. The second-order valence-corrected chi connectivity index (χ2v) is 6.57. The SMILES string of the molecule is O=C(Cc1cccnc1)NNC(=O)Nc1ccc(-c2ccc(Cl)cc2Cl)nc1. The van der Waals surface area contributed by atoms with E-state index in [1.165, 1.54) is 6.20 Å². The van der Waals surface area contributed by atoms with Crippen molar-refractivity contribution in [3.8, 4) is 11.3 Å². The summed E-state index contributed by atoms with van der Waals surface area (Å²) in [6.07, 6.45) is 4.79. The van der Waals surface area contributed by atoms with Crippen molar-refractivity contribution >= 4 is 40.8 Å². The highest BCUT2D eigenvalue weighted by Gasteiger charge is 2.08. The van der Waals surface area contributed by atoms with Crippen LogP contribution in [0.15, 0.2) is 61.1 Å². The van der Waals surface area contributed by atoms with E-state index in [2.05, 4.69) is 26.1 Å². The predicted molar refractivity (Wildman–Crippen MR) is 108 cm³/mol. The number of nitrogens with one attached hydrogen (secondary N) is 3. The van der Waals surface area contributed by atoms with Crippen molar-refractivity contribution in [3.05, 3.63) is 76.7 Å². The zero-order chi connectivity index (χ0) is 19.9. The molecule has 2 aromatic heterocycles. The van der Waals surface area contributed by atoms with Gasteiger partial charge in [0.15, 0.2) is 0 Å². The van der Waals surface area contributed by atoms with Gasteiger partial charge in [0.1, 0.15) is 0 Å². The fourth-order valence-corrected chi connectivity index (χ4v) is 2.85. The van der Waals surface area contributed by atoms with Crippen molar-refractivity contribution in [2.75, 3.05) is 5.32 Å². The van der Waals surface area contributed by atoms with Crippen LogP contribution < -0.4 is 16.2 Å². The van der Waals surface area contributed by atoms with Gasteiger partial charge in [0.05, 0.1) is 29.0 Å². The van der Waals surface area contributed by atoms with Crippen LogP contribution in [0.3, 0.4) is 0 Å². The van der Waals surface area contributed by atoms with Gasteiger partial charge in [-0.2, -0.15) is 0 Å². The van der Waals surface area contributed by atoms with Crippen LogP contribution in [-0.2, 0) is 11.2 Å². The third-order valence-electron chi connectivity index (χ3n) is 3.63. The van der Waals surface area contributed by atoms with Crippen LogP contribution >= 0.6 is 23.2 Å². The van der Waals surface area contributed by atoms with Crippen LogP contribution in [0.2, 0.25) is 10.0 Å². The van der Waals surface area contributed by atoms with E-state index < -0.39 is 6.03 Å². The first kappa shape index (κ1) is 19.6. The second-order valence-electron chi connectivity index (χ2n) is 5.72. The summed E-state index contributed by atoms with van der Waals surface area (Å²) >= 11 is 12.1. The van der Waals surface area contributed by atoms with Gasteiger partial charge in [-0.1, -0.05) is 29.3 Å². The van der Waals surface area contributed by atoms with Crippen LogP contribution in [0.5, 0.6) is 0 Å². The molecule has 0 saturated heterocycles. The maximum Gasteiger partial charge on any atom is 0.337 e. The number of anilines is 1.